The molecular formula is C30H34ClF6N3O4S. The van der Waals surface area contributed by atoms with Crippen LogP contribution in [0.1, 0.15) is 72.5 Å². The van der Waals surface area contributed by atoms with Crippen LogP contribution in [0.5, 0.6) is 0 Å². The first kappa shape index (κ1) is 35.0. The van der Waals surface area contributed by atoms with Crippen molar-refractivity contribution in [3.05, 3.63) is 63.7 Å². The molecule has 0 bridgehead atoms. The minimum Gasteiger partial charge on any atom is -0.366 e. The predicted octanol–water partition coefficient (Wildman–Crippen LogP) is 6.14. The van der Waals surface area contributed by atoms with Gasteiger partial charge in [0, 0.05) is 35.3 Å². The second-order valence-electron chi connectivity index (χ2n) is 12.0. The maximum absolute atomic E-state index is 14.2. The monoisotopic (exact) mass is 681 g/mol. The number of hydrogen-bond acceptors (Lipinski definition) is 5. The Balaban J connectivity index is 1.73. The van der Waals surface area contributed by atoms with E-state index in [0.29, 0.717) is 24.3 Å². The zero-order valence-corrected chi connectivity index (χ0v) is 26.3. The maximum Gasteiger partial charge on any atom is 0.416 e. The molecule has 2 aliphatic rings. The molecule has 0 aromatic heterocycles. The molecule has 4 atom stereocenters. The molecule has 2 aromatic rings. The summed E-state index contributed by atoms with van der Waals surface area (Å²) in [5, 5.41) is 0.341. The van der Waals surface area contributed by atoms with Crippen molar-refractivity contribution < 1.29 is 44.3 Å². The number of primary amides is 1. The van der Waals surface area contributed by atoms with E-state index < -0.39 is 74.1 Å². The Hall–Kier alpha value is -2.84. The van der Waals surface area contributed by atoms with Gasteiger partial charge in [0.1, 0.15) is 0 Å². The summed E-state index contributed by atoms with van der Waals surface area (Å²) in [4.78, 5) is 29.6. The van der Waals surface area contributed by atoms with Gasteiger partial charge in [0.25, 0.3) is 0 Å². The normalized spacial score (nSPS) is 23.3. The highest BCUT2D eigenvalue weighted by atomic mass is 35.5. The van der Waals surface area contributed by atoms with Crippen molar-refractivity contribution in [1.29, 1.82) is 0 Å². The van der Waals surface area contributed by atoms with Gasteiger partial charge in [0.05, 0.1) is 27.7 Å². The van der Waals surface area contributed by atoms with E-state index in [0.717, 1.165) is 0 Å². The Morgan fingerprint density at radius 1 is 1.04 bits per heavy atom. The van der Waals surface area contributed by atoms with E-state index in [-0.39, 0.29) is 47.8 Å². The first-order valence-corrected chi connectivity index (χ1v) is 16.4. The molecule has 2 amide bonds. The lowest BCUT2D eigenvalue weighted by Gasteiger charge is -2.44. The van der Waals surface area contributed by atoms with E-state index in [1.54, 1.807) is 0 Å². The van der Waals surface area contributed by atoms with Crippen LogP contribution in [-0.2, 0) is 27.0 Å². The summed E-state index contributed by atoms with van der Waals surface area (Å²) in [6.07, 6.45) is -9.46. The molecule has 45 heavy (non-hydrogen) atoms. The summed E-state index contributed by atoms with van der Waals surface area (Å²) in [5.74, 6) is -4.92. The fraction of sp³-hybridized carbons (Fsp3) is 0.533. The number of carbonyl (C=O) groups is 2. The molecule has 1 aliphatic heterocycles. The van der Waals surface area contributed by atoms with Gasteiger partial charge in [-0.1, -0.05) is 11.6 Å². The molecule has 4 rings (SSSR count). The van der Waals surface area contributed by atoms with Gasteiger partial charge in [0.2, 0.25) is 11.8 Å². The smallest absolute Gasteiger partial charge is 0.366 e. The molecule has 248 valence electrons. The van der Waals surface area contributed by atoms with Crippen molar-refractivity contribution in [3.8, 4) is 0 Å². The second kappa shape index (κ2) is 12.7. The summed E-state index contributed by atoms with van der Waals surface area (Å²) in [6.45, 7) is 3.89. The Kier molecular flexibility index (Phi) is 9.92. The highest BCUT2D eigenvalue weighted by Gasteiger charge is 2.48. The molecule has 1 heterocycles. The average molecular weight is 682 g/mol. The van der Waals surface area contributed by atoms with Crippen molar-refractivity contribution >= 4 is 33.3 Å². The number of rotatable bonds is 8. The summed E-state index contributed by atoms with van der Waals surface area (Å²) in [5.41, 5.74) is -0.113. The van der Waals surface area contributed by atoms with Crippen molar-refractivity contribution in [1.82, 2.24) is 9.80 Å². The van der Waals surface area contributed by atoms with E-state index in [1.807, 2.05) is 20.9 Å². The zero-order valence-electron chi connectivity index (χ0n) is 24.8. The van der Waals surface area contributed by atoms with Gasteiger partial charge in [-0.3, -0.25) is 9.59 Å². The van der Waals surface area contributed by atoms with Crippen LogP contribution >= 0.6 is 11.6 Å². The van der Waals surface area contributed by atoms with E-state index in [4.69, 9.17) is 17.3 Å². The van der Waals surface area contributed by atoms with Crippen LogP contribution in [0.4, 0.5) is 26.3 Å². The molecule has 2 aromatic carbocycles. The molecule has 0 unspecified atom stereocenters. The van der Waals surface area contributed by atoms with Gasteiger partial charge >= 0.3 is 12.4 Å². The first-order chi connectivity index (χ1) is 20.7. The Morgan fingerprint density at radius 3 is 2.20 bits per heavy atom. The van der Waals surface area contributed by atoms with Crippen molar-refractivity contribution in [2.75, 3.05) is 19.3 Å². The maximum atomic E-state index is 14.2. The van der Waals surface area contributed by atoms with Crippen molar-refractivity contribution in [2.45, 2.75) is 80.8 Å². The van der Waals surface area contributed by atoms with Gasteiger partial charge in [-0.05, 0) is 94.5 Å². The van der Waals surface area contributed by atoms with Crippen molar-refractivity contribution in [2.24, 2.45) is 11.7 Å². The van der Waals surface area contributed by atoms with E-state index in [1.165, 1.54) is 29.2 Å². The van der Waals surface area contributed by atoms with Crippen LogP contribution in [0.3, 0.4) is 0 Å². The Morgan fingerprint density at radius 2 is 1.67 bits per heavy atom. The number of sulfone groups is 1. The SMILES string of the molecule is CC(C)N(C)[C@@H]1CC[C@H](N2CC[C@@H](c3c(C(N)=O)cc(C(F)(F)F)cc3C(F)(F)F)C2=O)[C@H](CS(=O)(=O)c2ccc(Cl)cc2)C1. The van der Waals surface area contributed by atoms with Gasteiger partial charge in [0.15, 0.2) is 9.84 Å². The average Bonchev–Trinajstić information content (AvgIpc) is 3.31. The number of nitrogens with two attached hydrogens (primary N) is 1. The number of hydrogen-bond donors (Lipinski definition) is 1. The van der Waals surface area contributed by atoms with Crippen molar-refractivity contribution in [3.63, 3.8) is 0 Å². The Labute approximate surface area is 262 Å². The summed E-state index contributed by atoms with van der Waals surface area (Å²) in [7, 11) is -1.98. The third kappa shape index (κ3) is 7.43. The van der Waals surface area contributed by atoms with Crippen LogP contribution in [-0.4, -0.2) is 67.5 Å². The largest absolute Gasteiger partial charge is 0.416 e. The number of alkyl halides is 6. The van der Waals surface area contributed by atoms with Gasteiger partial charge < -0.3 is 15.5 Å². The number of nitrogens with zero attached hydrogens (tertiary/aromatic N) is 2. The third-order valence-electron chi connectivity index (χ3n) is 8.98. The standard InChI is InChI=1S/C30H34ClF6N3O4S/c1-16(2)39(3)20-6-9-25(17(12-20)15-45(43,44)21-7-4-19(31)5-8-21)40-11-10-22(28(40)42)26-23(27(38)41)13-18(29(32,33)34)14-24(26)30(35,36)37/h4-5,7-8,13-14,16-17,20,22,25H,6,9-12,15H2,1-3H3,(H2,38,41)/t17-,20+,22-,25-/m0/s1. The molecule has 2 fully saturated rings. The number of benzene rings is 2. The van der Waals surface area contributed by atoms with Gasteiger partial charge in [-0.2, -0.15) is 26.3 Å². The summed E-state index contributed by atoms with van der Waals surface area (Å²) < 4.78 is 110. The van der Waals surface area contributed by atoms with Crippen LogP contribution < -0.4 is 5.73 Å². The van der Waals surface area contributed by atoms with E-state index in [9.17, 15) is 44.3 Å². The predicted molar refractivity (Wildman–Crippen MR) is 155 cm³/mol. The summed E-state index contributed by atoms with van der Waals surface area (Å²) in [6, 6.07) is 5.19. The summed E-state index contributed by atoms with van der Waals surface area (Å²) >= 11 is 5.93. The number of halogens is 7. The lowest BCUT2D eigenvalue weighted by atomic mass is 9.80. The quantitative estimate of drug-likeness (QED) is 0.338. The molecular weight excluding hydrogens is 648 g/mol. The number of amides is 2. The minimum atomic E-state index is -5.33. The topological polar surface area (TPSA) is 101 Å². The van der Waals surface area contributed by atoms with Gasteiger partial charge in [-0.15, -0.1) is 0 Å². The fourth-order valence-corrected chi connectivity index (χ4v) is 8.35. The zero-order chi connectivity index (χ0) is 33.6. The molecule has 0 radical (unpaired) electrons. The number of likely N-dealkylation sites (tertiary alicyclic amines) is 1. The van der Waals surface area contributed by atoms with E-state index >= 15 is 0 Å². The van der Waals surface area contributed by atoms with Gasteiger partial charge in [-0.25, -0.2) is 8.42 Å². The fourth-order valence-electron chi connectivity index (χ4n) is 6.55. The molecule has 2 N–H and O–H groups in total. The molecule has 7 nitrogen and oxygen atoms in total. The first-order valence-electron chi connectivity index (χ1n) is 14.3. The van der Waals surface area contributed by atoms with Crippen LogP contribution in [0, 0.1) is 5.92 Å². The lowest BCUT2D eigenvalue weighted by molar-refractivity contribution is -0.143. The molecule has 1 aliphatic carbocycles. The number of carbonyl (C=O) groups excluding carboxylic acids is 2. The Bertz CT molecular complexity index is 1550. The van der Waals surface area contributed by atoms with Crippen LogP contribution in [0.15, 0.2) is 41.3 Å². The minimum absolute atomic E-state index is 0.0290. The second-order valence-corrected chi connectivity index (χ2v) is 14.5. The molecule has 1 saturated heterocycles. The van der Waals surface area contributed by atoms with Crippen LogP contribution in [0.25, 0.3) is 0 Å². The van der Waals surface area contributed by atoms with Crippen LogP contribution in [0.2, 0.25) is 5.02 Å². The molecule has 1 saturated carbocycles. The molecule has 15 heteroatoms. The third-order valence-corrected chi connectivity index (χ3v) is 11.1. The molecule has 0 spiro atoms. The highest BCUT2D eigenvalue weighted by molar-refractivity contribution is 7.91. The lowest BCUT2D eigenvalue weighted by Crippen LogP contribution is -2.51. The van der Waals surface area contributed by atoms with E-state index in [2.05, 4.69) is 4.90 Å². The highest BCUT2D eigenvalue weighted by Crippen LogP contribution is 2.45.